The highest BCUT2D eigenvalue weighted by Gasteiger charge is 2.13. The zero-order chi connectivity index (χ0) is 15.1. The van der Waals surface area contributed by atoms with Gasteiger partial charge in [0.25, 0.3) is 0 Å². The molecule has 0 amide bonds. The summed E-state index contributed by atoms with van der Waals surface area (Å²) in [5, 5.41) is 10.3. The summed E-state index contributed by atoms with van der Waals surface area (Å²) in [6, 6.07) is 14.6. The number of hydrogen-bond donors (Lipinski definition) is 2. The summed E-state index contributed by atoms with van der Waals surface area (Å²) in [4.78, 5) is 0. The lowest BCUT2D eigenvalue weighted by Gasteiger charge is -2.09. The average Bonchev–Trinajstić information content (AvgIpc) is 3.15. The van der Waals surface area contributed by atoms with Gasteiger partial charge < -0.3 is 15.6 Å². The second-order valence-corrected chi connectivity index (χ2v) is 6.27. The number of nitrogens with two attached hydrogens (primary N) is 1. The van der Waals surface area contributed by atoms with Crippen molar-refractivity contribution in [2.75, 3.05) is 11.1 Å². The number of benzene rings is 2. The van der Waals surface area contributed by atoms with Crippen LogP contribution < -0.4 is 11.1 Å². The predicted octanol–water partition coefficient (Wildman–Crippen LogP) is 4.59. The van der Waals surface area contributed by atoms with Crippen molar-refractivity contribution in [3.05, 3.63) is 58.8 Å². The van der Waals surface area contributed by atoms with E-state index in [2.05, 4.69) is 64.1 Å². The third-order valence-corrected chi connectivity index (χ3v) is 4.87. The SMILES string of the molecule is Cn1c2ccccc2c2c(NCc3ccsc3)ccc(N)c21. The van der Waals surface area contributed by atoms with Crippen LogP contribution in [-0.4, -0.2) is 4.57 Å². The van der Waals surface area contributed by atoms with Crippen LogP contribution in [-0.2, 0) is 13.6 Å². The van der Waals surface area contributed by atoms with E-state index in [1.165, 1.54) is 21.9 Å². The minimum Gasteiger partial charge on any atom is -0.397 e. The molecule has 0 spiro atoms. The molecule has 0 bridgehead atoms. The average molecular weight is 307 g/mol. The molecule has 4 rings (SSSR count). The van der Waals surface area contributed by atoms with Gasteiger partial charge in [0.05, 0.1) is 11.2 Å². The van der Waals surface area contributed by atoms with Gasteiger partial charge in [-0.05, 0) is 40.6 Å². The van der Waals surface area contributed by atoms with E-state index in [0.717, 1.165) is 23.4 Å². The Morgan fingerprint density at radius 1 is 1.14 bits per heavy atom. The zero-order valence-electron chi connectivity index (χ0n) is 12.3. The molecule has 110 valence electrons. The lowest BCUT2D eigenvalue weighted by molar-refractivity contribution is 1.02. The number of nitrogens with one attached hydrogen (secondary N) is 1. The topological polar surface area (TPSA) is 43.0 Å². The van der Waals surface area contributed by atoms with Crippen LogP contribution in [0.2, 0.25) is 0 Å². The minimum atomic E-state index is 0.815. The molecule has 22 heavy (non-hydrogen) atoms. The van der Waals surface area contributed by atoms with Gasteiger partial charge in [-0.2, -0.15) is 11.3 Å². The summed E-state index contributed by atoms with van der Waals surface area (Å²) < 4.78 is 2.18. The van der Waals surface area contributed by atoms with E-state index in [4.69, 9.17) is 5.73 Å². The summed E-state index contributed by atoms with van der Waals surface area (Å²) in [5.74, 6) is 0. The fourth-order valence-electron chi connectivity index (χ4n) is 3.08. The molecule has 3 N–H and O–H groups in total. The Bertz CT molecular complexity index is 951. The van der Waals surface area contributed by atoms with Crippen LogP contribution in [0.25, 0.3) is 21.8 Å². The van der Waals surface area contributed by atoms with E-state index in [1.807, 2.05) is 6.07 Å². The van der Waals surface area contributed by atoms with Crippen LogP contribution in [0.15, 0.2) is 53.2 Å². The fourth-order valence-corrected chi connectivity index (χ4v) is 3.75. The van der Waals surface area contributed by atoms with E-state index < -0.39 is 0 Å². The van der Waals surface area contributed by atoms with E-state index in [0.29, 0.717) is 0 Å². The van der Waals surface area contributed by atoms with Crippen LogP contribution in [0, 0.1) is 0 Å². The van der Waals surface area contributed by atoms with Crippen molar-refractivity contribution in [3.63, 3.8) is 0 Å². The zero-order valence-corrected chi connectivity index (χ0v) is 13.2. The monoisotopic (exact) mass is 307 g/mol. The van der Waals surface area contributed by atoms with Crippen LogP contribution in [0.5, 0.6) is 0 Å². The highest BCUT2D eigenvalue weighted by Crippen LogP contribution is 2.37. The molecule has 0 fully saturated rings. The minimum absolute atomic E-state index is 0.815. The van der Waals surface area contributed by atoms with Crippen molar-refractivity contribution < 1.29 is 0 Å². The molecule has 0 saturated heterocycles. The number of fused-ring (bicyclic) bond motifs is 3. The van der Waals surface area contributed by atoms with Gasteiger partial charge in [-0.15, -0.1) is 0 Å². The Morgan fingerprint density at radius 3 is 2.82 bits per heavy atom. The molecule has 0 aliphatic carbocycles. The number of nitrogen functional groups attached to an aromatic ring is 1. The summed E-state index contributed by atoms with van der Waals surface area (Å²) in [5.41, 5.74) is 11.8. The predicted molar refractivity (Wildman–Crippen MR) is 96.5 cm³/mol. The van der Waals surface area contributed by atoms with Gasteiger partial charge in [-0.25, -0.2) is 0 Å². The van der Waals surface area contributed by atoms with Crippen molar-refractivity contribution in [3.8, 4) is 0 Å². The number of nitrogens with zero attached hydrogens (tertiary/aromatic N) is 1. The third-order valence-electron chi connectivity index (χ3n) is 4.14. The maximum Gasteiger partial charge on any atom is 0.0743 e. The first-order valence-electron chi connectivity index (χ1n) is 7.26. The molecule has 0 saturated carbocycles. The summed E-state index contributed by atoms with van der Waals surface area (Å²) in [6.07, 6.45) is 0. The summed E-state index contributed by atoms with van der Waals surface area (Å²) in [7, 11) is 2.07. The lowest BCUT2D eigenvalue weighted by atomic mass is 10.1. The second kappa shape index (κ2) is 5.07. The maximum atomic E-state index is 6.23. The Labute approximate surface area is 133 Å². The maximum absolute atomic E-state index is 6.23. The Kier molecular flexibility index (Phi) is 3.05. The number of para-hydroxylation sites is 1. The first kappa shape index (κ1) is 13.2. The van der Waals surface area contributed by atoms with Gasteiger partial charge in [-0.1, -0.05) is 18.2 Å². The summed E-state index contributed by atoms with van der Waals surface area (Å²) in [6.45, 7) is 0.825. The molecule has 0 radical (unpaired) electrons. The molecule has 0 aliphatic heterocycles. The van der Waals surface area contributed by atoms with E-state index in [-0.39, 0.29) is 0 Å². The molecule has 2 aromatic heterocycles. The number of hydrogen-bond acceptors (Lipinski definition) is 3. The quantitative estimate of drug-likeness (QED) is 0.544. The van der Waals surface area contributed by atoms with Gasteiger partial charge >= 0.3 is 0 Å². The third kappa shape index (κ3) is 1.96. The molecular formula is C18H17N3S. The number of aromatic nitrogens is 1. The molecular weight excluding hydrogens is 290 g/mol. The molecule has 2 aromatic carbocycles. The highest BCUT2D eigenvalue weighted by molar-refractivity contribution is 7.07. The standard InChI is InChI=1S/C18H17N3S/c1-21-16-5-3-2-4-13(16)17-15(7-6-14(19)18(17)21)20-10-12-8-9-22-11-12/h2-9,11,20H,10,19H2,1H3. The molecule has 0 unspecified atom stereocenters. The van der Waals surface area contributed by atoms with Gasteiger partial charge in [0, 0.05) is 35.6 Å². The van der Waals surface area contributed by atoms with Gasteiger partial charge in [-0.3, -0.25) is 0 Å². The van der Waals surface area contributed by atoms with Crippen LogP contribution >= 0.6 is 11.3 Å². The number of rotatable bonds is 3. The molecule has 3 nitrogen and oxygen atoms in total. The molecule has 4 aromatic rings. The first-order valence-corrected chi connectivity index (χ1v) is 8.20. The van der Waals surface area contributed by atoms with Gasteiger partial charge in [0.1, 0.15) is 0 Å². The van der Waals surface area contributed by atoms with Crippen LogP contribution in [0.3, 0.4) is 0 Å². The first-order chi connectivity index (χ1) is 10.8. The number of thiophene rings is 1. The summed E-state index contributed by atoms with van der Waals surface area (Å²) >= 11 is 1.72. The van der Waals surface area contributed by atoms with Crippen molar-refractivity contribution in [1.82, 2.24) is 4.57 Å². The molecule has 2 heterocycles. The van der Waals surface area contributed by atoms with Crippen LogP contribution in [0.1, 0.15) is 5.56 Å². The number of aryl methyl sites for hydroxylation is 1. The highest BCUT2D eigenvalue weighted by atomic mass is 32.1. The fraction of sp³-hybridized carbons (Fsp3) is 0.111. The molecule has 4 heteroatoms. The van der Waals surface area contributed by atoms with Gasteiger partial charge in [0.2, 0.25) is 0 Å². The van der Waals surface area contributed by atoms with Crippen LogP contribution in [0.4, 0.5) is 11.4 Å². The largest absolute Gasteiger partial charge is 0.397 e. The normalized spacial score (nSPS) is 11.3. The lowest BCUT2D eigenvalue weighted by Crippen LogP contribution is -2.00. The number of anilines is 2. The van der Waals surface area contributed by atoms with Gasteiger partial charge in [0.15, 0.2) is 0 Å². The van der Waals surface area contributed by atoms with Crippen molar-refractivity contribution in [2.24, 2.45) is 7.05 Å². The second-order valence-electron chi connectivity index (χ2n) is 5.49. The smallest absolute Gasteiger partial charge is 0.0743 e. The molecule has 0 atom stereocenters. The Morgan fingerprint density at radius 2 is 2.00 bits per heavy atom. The van der Waals surface area contributed by atoms with Crippen molar-refractivity contribution >= 4 is 44.5 Å². The van der Waals surface area contributed by atoms with E-state index in [9.17, 15) is 0 Å². The van der Waals surface area contributed by atoms with E-state index >= 15 is 0 Å². The van der Waals surface area contributed by atoms with Crippen molar-refractivity contribution in [2.45, 2.75) is 6.54 Å². The van der Waals surface area contributed by atoms with Crippen molar-refractivity contribution in [1.29, 1.82) is 0 Å². The molecule has 0 aliphatic rings. The van der Waals surface area contributed by atoms with E-state index in [1.54, 1.807) is 11.3 Å². The Balaban J connectivity index is 1.91. The Hall–Kier alpha value is -2.46.